The summed E-state index contributed by atoms with van der Waals surface area (Å²) in [7, 11) is 0. The Kier molecular flexibility index (Phi) is 4.12. The molecule has 0 amide bonds. The molecular formula is C9H11NO3S. The number of hydrogen-bond acceptors (Lipinski definition) is 5. The Labute approximate surface area is 86.2 Å². The molecule has 1 aromatic rings. The van der Waals surface area contributed by atoms with Gasteiger partial charge in [-0.25, -0.2) is 9.78 Å². The molecule has 4 nitrogen and oxygen atoms in total. The van der Waals surface area contributed by atoms with Crippen molar-refractivity contribution in [2.75, 3.05) is 6.61 Å². The summed E-state index contributed by atoms with van der Waals surface area (Å²) in [5.74, 6) is 0. The van der Waals surface area contributed by atoms with E-state index in [2.05, 4.69) is 16.3 Å². The van der Waals surface area contributed by atoms with Crippen LogP contribution in [-0.2, 0) is 15.9 Å². The van der Waals surface area contributed by atoms with Gasteiger partial charge in [-0.1, -0.05) is 6.58 Å². The maximum Gasteiger partial charge on any atom is 0.513 e. The van der Waals surface area contributed by atoms with Gasteiger partial charge in [-0.05, 0) is 6.92 Å². The van der Waals surface area contributed by atoms with Crippen LogP contribution in [0.5, 0.6) is 0 Å². The third kappa shape index (κ3) is 3.18. The first-order valence-electron chi connectivity index (χ1n) is 4.07. The van der Waals surface area contributed by atoms with Crippen molar-refractivity contribution in [2.45, 2.75) is 13.3 Å². The van der Waals surface area contributed by atoms with Crippen LogP contribution in [-0.4, -0.2) is 17.7 Å². The molecule has 0 unspecified atom stereocenters. The van der Waals surface area contributed by atoms with E-state index in [1.807, 2.05) is 6.92 Å². The zero-order valence-corrected chi connectivity index (χ0v) is 8.67. The van der Waals surface area contributed by atoms with Crippen LogP contribution in [0.3, 0.4) is 0 Å². The Morgan fingerprint density at radius 1 is 1.79 bits per heavy atom. The summed E-state index contributed by atoms with van der Waals surface area (Å²) in [6, 6.07) is 0. The van der Waals surface area contributed by atoms with Gasteiger partial charge in [0.15, 0.2) is 0 Å². The minimum Gasteiger partial charge on any atom is -0.434 e. The van der Waals surface area contributed by atoms with Crippen molar-refractivity contribution < 1.29 is 14.3 Å². The SMILES string of the molecule is C=COC(=O)OCCc1scnc1C. The normalized spacial score (nSPS) is 9.50. The van der Waals surface area contributed by atoms with Gasteiger partial charge in [0.05, 0.1) is 24.1 Å². The third-order valence-corrected chi connectivity index (χ3v) is 2.57. The summed E-state index contributed by atoms with van der Waals surface area (Å²) in [6.07, 6.45) is 0.991. The number of carbonyl (C=O) groups excluding carboxylic acids is 1. The average molecular weight is 213 g/mol. The van der Waals surface area contributed by atoms with E-state index in [4.69, 9.17) is 4.74 Å². The van der Waals surface area contributed by atoms with Gasteiger partial charge >= 0.3 is 6.16 Å². The quantitative estimate of drug-likeness (QED) is 0.568. The lowest BCUT2D eigenvalue weighted by Gasteiger charge is -2.01. The second-order valence-electron chi connectivity index (χ2n) is 2.49. The molecule has 1 heterocycles. The summed E-state index contributed by atoms with van der Waals surface area (Å²) in [6.45, 7) is 5.47. The maximum absolute atomic E-state index is 10.7. The lowest BCUT2D eigenvalue weighted by atomic mass is 10.3. The van der Waals surface area contributed by atoms with Crippen LogP contribution < -0.4 is 0 Å². The van der Waals surface area contributed by atoms with Gasteiger partial charge in [0.2, 0.25) is 0 Å². The molecule has 0 saturated heterocycles. The number of aryl methyl sites for hydroxylation is 1. The number of thiazole rings is 1. The first-order chi connectivity index (χ1) is 6.74. The second kappa shape index (κ2) is 5.39. The Bertz CT molecular complexity index is 322. The number of carbonyl (C=O) groups is 1. The molecule has 1 rings (SSSR count). The minimum absolute atomic E-state index is 0.301. The summed E-state index contributed by atoms with van der Waals surface area (Å²) in [5.41, 5.74) is 2.75. The summed E-state index contributed by atoms with van der Waals surface area (Å²) in [4.78, 5) is 15.9. The fourth-order valence-corrected chi connectivity index (χ4v) is 1.66. The fourth-order valence-electron chi connectivity index (χ4n) is 0.895. The highest BCUT2D eigenvalue weighted by Gasteiger charge is 2.04. The monoisotopic (exact) mass is 213 g/mol. The van der Waals surface area contributed by atoms with Crippen LogP contribution in [0.4, 0.5) is 4.79 Å². The van der Waals surface area contributed by atoms with Crippen LogP contribution in [0.25, 0.3) is 0 Å². The average Bonchev–Trinajstić information content (AvgIpc) is 2.52. The highest BCUT2D eigenvalue weighted by Crippen LogP contribution is 2.12. The highest BCUT2D eigenvalue weighted by molar-refractivity contribution is 7.09. The van der Waals surface area contributed by atoms with Crippen molar-refractivity contribution in [3.8, 4) is 0 Å². The number of hydrogen-bond donors (Lipinski definition) is 0. The molecular weight excluding hydrogens is 202 g/mol. The summed E-state index contributed by atoms with van der Waals surface area (Å²) in [5, 5.41) is 0. The summed E-state index contributed by atoms with van der Waals surface area (Å²) < 4.78 is 9.14. The number of nitrogens with zero attached hydrogens (tertiary/aromatic N) is 1. The number of ether oxygens (including phenoxy) is 2. The maximum atomic E-state index is 10.7. The van der Waals surface area contributed by atoms with Crippen molar-refractivity contribution in [1.29, 1.82) is 0 Å². The number of aromatic nitrogens is 1. The Morgan fingerprint density at radius 2 is 2.57 bits per heavy atom. The van der Waals surface area contributed by atoms with E-state index >= 15 is 0 Å². The highest BCUT2D eigenvalue weighted by atomic mass is 32.1. The van der Waals surface area contributed by atoms with E-state index in [0.717, 1.165) is 16.8 Å². The molecule has 0 atom stereocenters. The zero-order chi connectivity index (χ0) is 10.4. The van der Waals surface area contributed by atoms with Gasteiger partial charge in [0.25, 0.3) is 0 Å². The van der Waals surface area contributed by atoms with Crippen LogP contribution in [0.15, 0.2) is 18.4 Å². The lowest BCUT2D eigenvalue weighted by molar-refractivity contribution is 0.0861. The fraction of sp³-hybridized carbons (Fsp3) is 0.333. The molecule has 0 aliphatic heterocycles. The van der Waals surface area contributed by atoms with Gasteiger partial charge in [-0.2, -0.15) is 0 Å². The largest absolute Gasteiger partial charge is 0.513 e. The van der Waals surface area contributed by atoms with E-state index in [-0.39, 0.29) is 0 Å². The Morgan fingerprint density at radius 3 is 3.14 bits per heavy atom. The van der Waals surface area contributed by atoms with Gasteiger partial charge < -0.3 is 9.47 Å². The molecule has 0 bridgehead atoms. The van der Waals surface area contributed by atoms with Crippen LogP contribution in [0.1, 0.15) is 10.6 Å². The van der Waals surface area contributed by atoms with E-state index in [9.17, 15) is 4.79 Å². The van der Waals surface area contributed by atoms with Crippen molar-refractivity contribution in [3.05, 3.63) is 28.9 Å². The van der Waals surface area contributed by atoms with E-state index in [1.165, 1.54) is 0 Å². The molecule has 76 valence electrons. The molecule has 0 spiro atoms. The molecule has 0 N–H and O–H groups in total. The van der Waals surface area contributed by atoms with Gasteiger partial charge in [0.1, 0.15) is 0 Å². The second-order valence-corrected chi connectivity index (χ2v) is 3.43. The first-order valence-corrected chi connectivity index (χ1v) is 4.95. The molecule has 0 fully saturated rings. The van der Waals surface area contributed by atoms with Crippen LogP contribution >= 0.6 is 11.3 Å². The number of rotatable bonds is 4. The smallest absolute Gasteiger partial charge is 0.434 e. The van der Waals surface area contributed by atoms with Crippen LogP contribution in [0.2, 0.25) is 0 Å². The third-order valence-electron chi connectivity index (χ3n) is 1.57. The standard InChI is InChI=1S/C9H11NO3S/c1-3-12-9(11)13-5-4-8-7(2)10-6-14-8/h3,6H,1,4-5H2,2H3. The van der Waals surface area contributed by atoms with Gasteiger partial charge in [-0.3, -0.25) is 0 Å². The van der Waals surface area contributed by atoms with E-state index < -0.39 is 6.16 Å². The summed E-state index contributed by atoms with van der Waals surface area (Å²) >= 11 is 1.55. The predicted octanol–water partition coefficient (Wildman–Crippen LogP) is 2.29. The molecule has 0 aromatic carbocycles. The zero-order valence-electron chi connectivity index (χ0n) is 7.86. The molecule has 5 heteroatoms. The molecule has 0 aliphatic rings. The minimum atomic E-state index is -0.720. The van der Waals surface area contributed by atoms with E-state index in [1.54, 1.807) is 16.8 Å². The topological polar surface area (TPSA) is 48.4 Å². The predicted molar refractivity (Wildman–Crippen MR) is 53.2 cm³/mol. The van der Waals surface area contributed by atoms with Crippen molar-refractivity contribution in [3.63, 3.8) is 0 Å². The molecule has 1 aromatic heterocycles. The Balaban J connectivity index is 2.25. The lowest BCUT2D eigenvalue weighted by Crippen LogP contribution is -2.06. The van der Waals surface area contributed by atoms with Gasteiger partial charge in [0, 0.05) is 11.3 Å². The van der Waals surface area contributed by atoms with Crippen molar-refractivity contribution >= 4 is 17.5 Å². The molecule has 0 radical (unpaired) electrons. The molecule has 0 saturated carbocycles. The van der Waals surface area contributed by atoms with E-state index in [0.29, 0.717) is 13.0 Å². The van der Waals surface area contributed by atoms with Crippen LogP contribution in [0, 0.1) is 6.92 Å². The van der Waals surface area contributed by atoms with Crippen molar-refractivity contribution in [2.24, 2.45) is 0 Å². The van der Waals surface area contributed by atoms with Crippen molar-refractivity contribution in [1.82, 2.24) is 4.98 Å². The van der Waals surface area contributed by atoms with Gasteiger partial charge in [-0.15, -0.1) is 11.3 Å². The molecule has 14 heavy (non-hydrogen) atoms. The Hall–Kier alpha value is -1.36. The first kappa shape index (κ1) is 10.7. The molecule has 0 aliphatic carbocycles.